The van der Waals surface area contributed by atoms with Gasteiger partial charge in [0.2, 0.25) is 5.91 Å². The minimum absolute atomic E-state index is 0.109. The molecule has 0 aromatic carbocycles. The molecule has 0 radical (unpaired) electrons. The fourth-order valence-electron chi connectivity index (χ4n) is 3.39. The first-order chi connectivity index (χ1) is 11.4. The Morgan fingerprint density at radius 1 is 1.42 bits per heavy atom. The number of amides is 4. The molecular formula is C17H23N3O3S. The smallest absolute Gasteiger partial charge is 0.325 e. The summed E-state index contributed by atoms with van der Waals surface area (Å²) in [5, 5.41) is 4.69. The fourth-order valence-corrected chi connectivity index (χ4v) is 4.27. The minimum atomic E-state index is -0.847. The van der Waals surface area contributed by atoms with E-state index in [1.165, 1.54) is 9.78 Å². The van der Waals surface area contributed by atoms with Gasteiger partial charge in [-0.15, -0.1) is 11.3 Å². The second kappa shape index (κ2) is 6.55. The van der Waals surface area contributed by atoms with Crippen LogP contribution in [0.4, 0.5) is 4.79 Å². The molecule has 1 aromatic heterocycles. The van der Waals surface area contributed by atoms with Gasteiger partial charge in [0.15, 0.2) is 0 Å². The van der Waals surface area contributed by atoms with Crippen molar-refractivity contribution in [2.45, 2.75) is 51.1 Å². The average molecular weight is 349 g/mol. The molecular weight excluding hydrogens is 326 g/mol. The molecule has 0 spiro atoms. The molecule has 3 rings (SSSR count). The maximum atomic E-state index is 12.5. The molecule has 130 valence electrons. The Kier molecular flexibility index (Phi) is 4.62. The highest BCUT2D eigenvalue weighted by Crippen LogP contribution is 2.34. The summed E-state index contributed by atoms with van der Waals surface area (Å²) >= 11 is 1.69. The Morgan fingerprint density at radius 3 is 2.83 bits per heavy atom. The van der Waals surface area contributed by atoms with Gasteiger partial charge >= 0.3 is 6.03 Å². The van der Waals surface area contributed by atoms with Crippen molar-refractivity contribution in [3.63, 3.8) is 0 Å². The van der Waals surface area contributed by atoms with Crippen LogP contribution in [0, 0.1) is 0 Å². The summed E-state index contributed by atoms with van der Waals surface area (Å²) in [4.78, 5) is 40.9. The highest BCUT2D eigenvalue weighted by molar-refractivity contribution is 7.10. The van der Waals surface area contributed by atoms with Crippen LogP contribution in [0.15, 0.2) is 17.5 Å². The minimum Gasteiger partial charge on any atom is -0.335 e. The molecule has 0 saturated carbocycles. The van der Waals surface area contributed by atoms with Gasteiger partial charge in [-0.25, -0.2) is 4.79 Å². The normalized spacial score (nSPS) is 23.0. The molecule has 1 aromatic rings. The molecule has 2 aliphatic heterocycles. The number of carbonyl (C=O) groups excluding carboxylic acids is 3. The number of hydrogen-bond donors (Lipinski definition) is 1. The van der Waals surface area contributed by atoms with Crippen molar-refractivity contribution in [1.82, 2.24) is 15.1 Å². The van der Waals surface area contributed by atoms with Crippen molar-refractivity contribution in [3.8, 4) is 0 Å². The molecule has 0 bridgehead atoms. The summed E-state index contributed by atoms with van der Waals surface area (Å²) in [7, 11) is 0. The summed E-state index contributed by atoms with van der Waals surface area (Å²) in [5.74, 6) is -0.116. The second-order valence-electron chi connectivity index (χ2n) is 6.88. The van der Waals surface area contributed by atoms with Crippen molar-refractivity contribution < 1.29 is 14.4 Å². The van der Waals surface area contributed by atoms with Gasteiger partial charge in [0, 0.05) is 24.4 Å². The molecule has 0 aliphatic carbocycles. The van der Waals surface area contributed by atoms with Gasteiger partial charge in [-0.1, -0.05) is 6.07 Å². The van der Waals surface area contributed by atoms with E-state index in [0.717, 1.165) is 19.4 Å². The lowest BCUT2D eigenvalue weighted by Gasteiger charge is -2.24. The van der Waals surface area contributed by atoms with E-state index in [-0.39, 0.29) is 30.4 Å². The van der Waals surface area contributed by atoms with Gasteiger partial charge in [0.05, 0.1) is 6.04 Å². The molecule has 2 saturated heterocycles. The van der Waals surface area contributed by atoms with Crippen LogP contribution in [-0.4, -0.2) is 46.3 Å². The first kappa shape index (κ1) is 17.0. The van der Waals surface area contributed by atoms with Gasteiger partial charge in [0.25, 0.3) is 5.91 Å². The first-order valence-electron chi connectivity index (χ1n) is 8.37. The summed E-state index contributed by atoms with van der Waals surface area (Å²) in [6.45, 7) is 4.46. The average Bonchev–Trinajstić information content (AvgIpc) is 3.22. The lowest BCUT2D eigenvalue weighted by molar-refractivity contribution is -0.133. The number of hydrogen-bond acceptors (Lipinski definition) is 4. The Hall–Kier alpha value is -1.89. The Balaban J connectivity index is 1.53. The Labute approximate surface area is 145 Å². The number of rotatable bonds is 5. The summed E-state index contributed by atoms with van der Waals surface area (Å²) < 4.78 is 0. The zero-order chi connectivity index (χ0) is 17.3. The maximum absolute atomic E-state index is 12.5. The molecule has 3 heterocycles. The van der Waals surface area contributed by atoms with Crippen LogP contribution in [0.25, 0.3) is 0 Å². The van der Waals surface area contributed by atoms with E-state index in [0.29, 0.717) is 12.8 Å². The number of likely N-dealkylation sites (tertiary alicyclic amines) is 1. The van der Waals surface area contributed by atoms with Crippen LogP contribution in [0.1, 0.15) is 50.4 Å². The third kappa shape index (κ3) is 3.17. The number of carbonyl (C=O) groups is 3. The molecule has 0 unspecified atom stereocenters. The topological polar surface area (TPSA) is 69.7 Å². The van der Waals surface area contributed by atoms with Gasteiger partial charge in [-0.2, -0.15) is 0 Å². The Morgan fingerprint density at radius 2 is 2.21 bits per heavy atom. The fraction of sp³-hybridized carbons (Fsp3) is 0.588. The number of nitrogens with one attached hydrogen (secondary N) is 1. The van der Waals surface area contributed by atoms with Crippen LogP contribution < -0.4 is 5.32 Å². The van der Waals surface area contributed by atoms with E-state index in [2.05, 4.69) is 11.4 Å². The van der Waals surface area contributed by atoms with Gasteiger partial charge in [0.1, 0.15) is 5.54 Å². The van der Waals surface area contributed by atoms with E-state index in [1.807, 2.05) is 16.3 Å². The largest absolute Gasteiger partial charge is 0.335 e. The number of thiophene rings is 1. The summed E-state index contributed by atoms with van der Waals surface area (Å²) in [5.41, 5.74) is -0.847. The van der Waals surface area contributed by atoms with Crippen LogP contribution in [0.5, 0.6) is 0 Å². The summed E-state index contributed by atoms with van der Waals surface area (Å²) in [6, 6.07) is 3.92. The van der Waals surface area contributed by atoms with Gasteiger partial charge in [-0.05, 0) is 44.6 Å². The lowest BCUT2D eigenvalue weighted by Crippen LogP contribution is -2.40. The lowest BCUT2D eigenvalue weighted by atomic mass is 10.1. The highest BCUT2D eigenvalue weighted by Gasteiger charge is 2.43. The van der Waals surface area contributed by atoms with Crippen molar-refractivity contribution in [1.29, 1.82) is 0 Å². The second-order valence-corrected chi connectivity index (χ2v) is 7.86. The standard InChI is InChI=1S/C17H23N3O3S/c1-17(2)15(22)20(16(23)18-17)10-4-8-14(21)19-9-3-6-12(19)13-7-5-11-24-13/h5,7,11-12H,3-4,6,8-10H2,1-2H3,(H,18,23)/t12-/m0/s1. The van der Waals surface area contributed by atoms with Crippen LogP contribution in [-0.2, 0) is 9.59 Å². The molecule has 2 aliphatic rings. The van der Waals surface area contributed by atoms with Crippen molar-refractivity contribution >= 4 is 29.2 Å². The molecule has 6 nitrogen and oxygen atoms in total. The molecule has 24 heavy (non-hydrogen) atoms. The number of urea groups is 1. The first-order valence-corrected chi connectivity index (χ1v) is 9.25. The predicted molar refractivity (Wildman–Crippen MR) is 91.6 cm³/mol. The predicted octanol–water partition coefficient (Wildman–Crippen LogP) is 2.52. The summed E-state index contributed by atoms with van der Waals surface area (Å²) in [6.07, 6.45) is 2.89. The monoisotopic (exact) mass is 349 g/mol. The van der Waals surface area contributed by atoms with E-state index in [9.17, 15) is 14.4 Å². The van der Waals surface area contributed by atoms with Crippen LogP contribution >= 0.6 is 11.3 Å². The van der Waals surface area contributed by atoms with Gasteiger partial charge in [-0.3, -0.25) is 14.5 Å². The molecule has 7 heteroatoms. The molecule has 1 N–H and O–H groups in total. The number of imide groups is 1. The molecule has 2 fully saturated rings. The van der Waals surface area contributed by atoms with Gasteiger partial charge < -0.3 is 10.2 Å². The van der Waals surface area contributed by atoms with Crippen molar-refractivity contribution in [2.75, 3.05) is 13.1 Å². The van der Waals surface area contributed by atoms with Crippen LogP contribution in [0.2, 0.25) is 0 Å². The third-order valence-electron chi connectivity index (χ3n) is 4.66. The SMILES string of the molecule is CC1(C)NC(=O)N(CCCC(=O)N2CCC[C@H]2c2cccs2)C1=O. The highest BCUT2D eigenvalue weighted by atomic mass is 32.1. The molecule has 4 amide bonds. The Bertz CT molecular complexity index is 642. The van der Waals surface area contributed by atoms with E-state index >= 15 is 0 Å². The van der Waals surface area contributed by atoms with E-state index < -0.39 is 5.54 Å². The molecule has 1 atom stereocenters. The van der Waals surface area contributed by atoms with Crippen molar-refractivity contribution in [3.05, 3.63) is 22.4 Å². The zero-order valence-electron chi connectivity index (χ0n) is 14.1. The van der Waals surface area contributed by atoms with E-state index in [1.54, 1.807) is 25.2 Å². The quantitative estimate of drug-likeness (QED) is 0.831. The zero-order valence-corrected chi connectivity index (χ0v) is 14.9. The van der Waals surface area contributed by atoms with E-state index in [4.69, 9.17) is 0 Å². The number of nitrogens with zero attached hydrogens (tertiary/aromatic N) is 2. The third-order valence-corrected chi connectivity index (χ3v) is 5.64. The van der Waals surface area contributed by atoms with Crippen molar-refractivity contribution in [2.24, 2.45) is 0 Å². The van der Waals surface area contributed by atoms with Crippen LogP contribution in [0.3, 0.4) is 0 Å². The maximum Gasteiger partial charge on any atom is 0.325 e.